The van der Waals surface area contributed by atoms with Crippen LogP contribution in [0.3, 0.4) is 0 Å². The Balaban J connectivity index is 2.60. The number of hydrogen-bond donors (Lipinski definition) is 2. The predicted octanol–water partition coefficient (Wildman–Crippen LogP) is 3.00. The largest absolute Gasteiger partial charge is 0.507 e. The summed E-state index contributed by atoms with van der Waals surface area (Å²) in [5.41, 5.74) is -0.346. The lowest BCUT2D eigenvalue weighted by Gasteiger charge is -2.12. The highest BCUT2D eigenvalue weighted by Gasteiger charge is 2.36. The molecule has 0 aliphatic rings. The van der Waals surface area contributed by atoms with E-state index in [1.54, 1.807) is 19.0 Å². The molecule has 1 heterocycles. The van der Waals surface area contributed by atoms with Crippen LogP contribution in [-0.4, -0.2) is 35.6 Å². The lowest BCUT2D eigenvalue weighted by molar-refractivity contribution is -0.141. The average molecular weight is 272 g/mol. The monoisotopic (exact) mass is 272 g/mol. The summed E-state index contributed by atoms with van der Waals surface area (Å²) in [6.45, 7) is 0.477. The summed E-state index contributed by atoms with van der Waals surface area (Å²) in [7, 11) is 3.59. The number of halogens is 3. The maximum atomic E-state index is 13.0. The van der Waals surface area contributed by atoms with Crippen molar-refractivity contribution >= 4 is 10.9 Å². The third-order valence-electron chi connectivity index (χ3n) is 3.00. The normalized spacial score (nSPS) is 12.5. The van der Waals surface area contributed by atoms with Crippen molar-refractivity contribution < 1.29 is 18.3 Å². The summed E-state index contributed by atoms with van der Waals surface area (Å²) < 4.78 is 39.0. The molecule has 104 valence electrons. The molecule has 0 atom stereocenters. The van der Waals surface area contributed by atoms with Crippen molar-refractivity contribution in [2.45, 2.75) is 12.6 Å². The van der Waals surface area contributed by atoms with Crippen LogP contribution >= 0.6 is 0 Å². The molecule has 0 fully saturated rings. The van der Waals surface area contributed by atoms with Crippen molar-refractivity contribution in [3.05, 3.63) is 29.5 Å². The number of phenols is 1. The number of fused-ring (bicyclic) bond motifs is 1. The molecule has 0 radical (unpaired) electrons. The van der Waals surface area contributed by atoms with Gasteiger partial charge in [-0.1, -0.05) is 6.07 Å². The third kappa shape index (κ3) is 2.68. The first-order chi connectivity index (χ1) is 8.80. The minimum Gasteiger partial charge on any atom is -0.507 e. The van der Waals surface area contributed by atoms with Gasteiger partial charge >= 0.3 is 6.18 Å². The van der Waals surface area contributed by atoms with Gasteiger partial charge in [0.05, 0.1) is 0 Å². The second kappa shape index (κ2) is 4.77. The van der Waals surface area contributed by atoms with Gasteiger partial charge in [0.15, 0.2) is 0 Å². The number of nitrogens with one attached hydrogen (secondary N) is 1. The van der Waals surface area contributed by atoms with Gasteiger partial charge in [0, 0.05) is 17.4 Å². The minimum absolute atomic E-state index is 0.120. The van der Waals surface area contributed by atoms with Crippen LogP contribution in [-0.2, 0) is 12.6 Å². The number of benzene rings is 1. The fourth-order valence-corrected chi connectivity index (χ4v) is 2.12. The zero-order chi connectivity index (χ0) is 14.2. The van der Waals surface area contributed by atoms with Gasteiger partial charge in [0.1, 0.15) is 11.4 Å². The van der Waals surface area contributed by atoms with Gasteiger partial charge in [-0.2, -0.15) is 13.2 Å². The van der Waals surface area contributed by atoms with Crippen LogP contribution in [0.2, 0.25) is 0 Å². The predicted molar refractivity (Wildman–Crippen MR) is 67.2 cm³/mol. The highest BCUT2D eigenvalue weighted by molar-refractivity contribution is 5.90. The maximum absolute atomic E-state index is 13.0. The summed E-state index contributed by atoms with van der Waals surface area (Å²) in [6, 6.07) is 4.45. The fraction of sp³-hybridized carbons (Fsp3) is 0.385. The average Bonchev–Trinajstić information content (AvgIpc) is 2.66. The van der Waals surface area contributed by atoms with Crippen LogP contribution in [0, 0.1) is 0 Å². The molecule has 0 saturated carbocycles. The minimum atomic E-state index is -4.45. The second-order valence-electron chi connectivity index (χ2n) is 4.73. The van der Waals surface area contributed by atoms with E-state index in [2.05, 4.69) is 4.98 Å². The Kier molecular flexibility index (Phi) is 3.45. The van der Waals surface area contributed by atoms with E-state index in [0.717, 1.165) is 0 Å². The van der Waals surface area contributed by atoms with Crippen LogP contribution in [0.15, 0.2) is 18.2 Å². The summed E-state index contributed by atoms with van der Waals surface area (Å²) in [4.78, 5) is 4.17. The van der Waals surface area contributed by atoms with E-state index in [1.807, 2.05) is 0 Å². The molecule has 1 aromatic heterocycles. The van der Waals surface area contributed by atoms with E-state index in [-0.39, 0.29) is 23.1 Å². The van der Waals surface area contributed by atoms with Crippen LogP contribution < -0.4 is 0 Å². The van der Waals surface area contributed by atoms with Crippen molar-refractivity contribution in [3.8, 4) is 5.75 Å². The van der Waals surface area contributed by atoms with E-state index < -0.39 is 11.9 Å². The summed E-state index contributed by atoms with van der Waals surface area (Å²) >= 11 is 0. The molecule has 0 amide bonds. The van der Waals surface area contributed by atoms with Gasteiger partial charge in [-0.3, -0.25) is 0 Å². The number of alkyl halides is 3. The number of H-pyrrole nitrogens is 1. The van der Waals surface area contributed by atoms with Crippen molar-refractivity contribution in [2.24, 2.45) is 0 Å². The molecule has 2 aromatic rings. The maximum Gasteiger partial charge on any atom is 0.431 e. The summed E-state index contributed by atoms with van der Waals surface area (Å²) in [6.07, 6.45) is -4.23. The van der Waals surface area contributed by atoms with Crippen LogP contribution in [0.1, 0.15) is 11.3 Å². The Morgan fingerprint density at radius 3 is 2.53 bits per heavy atom. The number of aromatic amines is 1. The molecule has 2 rings (SSSR count). The van der Waals surface area contributed by atoms with Crippen molar-refractivity contribution in [1.82, 2.24) is 9.88 Å². The molecule has 6 heteroatoms. The first-order valence-corrected chi connectivity index (χ1v) is 5.85. The van der Waals surface area contributed by atoms with Gasteiger partial charge in [-0.25, -0.2) is 0 Å². The Morgan fingerprint density at radius 2 is 1.95 bits per heavy atom. The SMILES string of the molecule is CN(C)CCc1c(C(F)(F)F)[nH]c2cccc(O)c12. The van der Waals surface area contributed by atoms with Crippen molar-refractivity contribution in [2.75, 3.05) is 20.6 Å². The molecular weight excluding hydrogens is 257 g/mol. The number of phenolic OH excluding ortho intramolecular Hbond substituents is 1. The fourth-order valence-electron chi connectivity index (χ4n) is 2.12. The van der Waals surface area contributed by atoms with E-state index in [4.69, 9.17) is 0 Å². The molecule has 1 aromatic carbocycles. The molecular formula is C13H15F3N2O. The van der Waals surface area contributed by atoms with Crippen molar-refractivity contribution in [1.29, 1.82) is 0 Å². The number of aromatic nitrogens is 1. The molecule has 19 heavy (non-hydrogen) atoms. The smallest absolute Gasteiger partial charge is 0.431 e. The first-order valence-electron chi connectivity index (χ1n) is 5.85. The lowest BCUT2D eigenvalue weighted by atomic mass is 10.1. The Hall–Kier alpha value is -1.69. The quantitative estimate of drug-likeness (QED) is 0.901. The van der Waals surface area contributed by atoms with E-state index in [1.165, 1.54) is 18.2 Å². The second-order valence-corrected chi connectivity index (χ2v) is 4.73. The van der Waals surface area contributed by atoms with Gasteiger partial charge in [-0.05, 0) is 38.2 Å². The van der Waals surface area contributed by atoms with Gasteiger partial charge in [0.2, 0.25) is 0 Å². The molecule has 0 saturated heterocycles. The highest BCUT2D eigenvalue weighted by Crippen LogP contribution is 2.38. The highest BCUT2D eigenvalue weighted by atomic mass is 19.4. The van der Waals surface area contributed by atoms with Gasteiger partial charge in [0.25, 0.3) is 0 Å². The molecule has 2 N–H and O–H groups in total. The summed E-state index contributed by atoms with van der Waals surface area (Å²) in [5, 5.41) is 10.1. The Labute approximate surface area is 108 Å². The number of aromatic hydroxyl groups is 1. The summed E-state index contributed by atoms with van der Waals surface area (Å²) in [5.74, 6) is -0.127. The molecule has 0 aliphatic carbocycles. The molecule has 3 nitrogen and oxygen atoms in total. The van der Waals surface area contributed by atoms with E-state index >= 15 is 0 Å². The number of likely N-dealkylation sites (N-methyl/N-ethyl adjacent to an activating group) is 1. The zero-order valence-electron chi connectivity index (χ0n) is 10.7. The van der Waals surface area contributed by atoms with E-state index in [9.17, 15) is 18.3 Å². The Bertz CT molecular complexity index is 587. The molecule has 0 aliphatic heterocycles. The standard InChI is InChI=1S/C13H15F3N2O/c1-18(2)7-6-8-11-9(4-3-5-10(11)19)17-12(8)13(14,15)16/h3-5,17,19H,6-7H2,1-2H3. The zero-order valence-corrected chi connectivity index (χ0v) is 10.7. The number of hydrogen-bond acceptors (Lipinski definition) is 2. The topological polar surface area (TPSA) is 39.3 Å². The van der Waals surface area contributed by atoms with Crippen LogP contribution in [0.25, 0.3) is 10.9 Å². The van der Waals surface area contributed by atoms with Crippen LogP contribution in [0.5, 0.6) is 5.75 Å². The van der Waals surface area contributed by atoms with Crippen molar-refractivity contribution in [3.63, 3.8) is 0 Å². The molecule has 0 unspecified atom stereocenters. The lowest BCUT2D eigenvalue weighted by Crippen LogP contribution is -2.17. The number of nitrogens with zero attached hydrogens (tertiary/aromatic N) is 1. The van der Waals surface area contributed by atoms with E-state index in [0.29, 0.717) is 12.1 Å². The third-order valence-corrected chi connectivity index (χ3v) is 3.00. The number of rotatable bonds is 3. The Morgan fingerprint density at radius 1 is 1.26 bits per heavy atom. The van der Waals surface area contributed by atoms with Gasteiger partial charge < -0.3 is 15.0 Å². The first kappa shape index (κ1) is 13.7. The van der Waals surface area contributed by atoms with Gasteiger partial charge in [-0.15, -0.1) is 0 Å². The van der Waals surface area contributed by atoms with Crippen LogP contribution in [0.4, 0.5) is 13.2 Å². The molecule has 0 bridgehead atoms. The molecule has 0 spiro atoms.